The molecule has 1 heterocycles. The lowest BCUT2D eigenvalue weighted by molar-refractivity contribution is 0.580. The van der Waals surface area contributed by atoms with Crippen molar-refractivity contribution in [2.24, 2.45) is 0 Å². The largest absolute Gasteiger partial charge is 0.240 e. The van der Waals surface area contributed by atoms with Crippen molar-refractivity contribution in [1.29, 1.82) is 0 Å². The average Bonchev–Trinajstić information content (AvgIpc) is 2.36. The Bertz CT molecular complexity index is 497. The fraction of sp³-hybridized carbons (Fsp3) is 0.500. The first-order valence-electron chi connectivity index (χ1n) is 5.89. The Morgan fingerprint density at radius 3 is 3.00 bits per heavy atom. The third-order valence-corrected chi connectivity index (χ3v) is 5.39. The van der Waals surface area contributed by atoms with E-state index in [-0.39, 0.29) is 0 Å². The first-order valence-corrected chi connectivity index (χ1v) is 8.36. The summed E-state index contributed by atoms with van der Waals surface area (Å²) in [5, 5.41) is 0. The molecule has 1 aromatic rings. The lowest BCUT2D eigenvalue weighted by atomic mass is 10.1. The molecular weight excluding hydrogens is 254 g/mol. The summed E-state index contributed by atoms with van der Waals surface area (Å²) in [6, 6.07) is 5.45. The minimum atomic E-state index is -3.32. The number of hydrogen-bond acceptors (Lipinski definition) is 3. The van der Waals surface area contributed by atoms with E-state index in [2.05, 4.69) is 4.72 Å². The Morgan fingerprint density at radius 2 is 2.24 bits per heavy atom. The van der Waals surface area contributed by atoms with E-state index in [0.29, 0.717) is 11.4 Å². The molecule has 0 bridgehead atoms. The van der Waals surface area contributed by atoms with Gasteiger partial charge in [0.1, 0.15) is 0 Å². The van der Waals surface area contributed by atoms with E-state index in [1.807, 2.05) is 30.8 Å². The number of fused-ring (bicyclic) bond motifs is 1. The van der Waals surface area contributed by atoms with Crippen LogP contribution in [-0.4, -0.2) is 20.7 Å². The van der Waals surface area contributed by atoms with Crippen LogP contribution in [0.5, 0.6) is 0 Å². The van der Waals surface area contributed by atoms with Crippen molar-refractivity contribution in [3.8, 4) is 0 Å². The van der Waals surface area contributed by atoms with Gasteiger partial charge in [-0.3, -0.25) is 0 Å². The summed E-state index contributed by atoms with van der Waals surface area (Å²) in [6.07, 6.45) is 2.92. The zero-order valence-electron chi connectivity index (χ0n) is 9.90. The molecule has 0 spiro atoms. The molecule has 1 aromatic carbocycles. The first-order chi connectivity index (χ1) is 8.13. The molecule has 94 valence electrons. The van der Waals surface area contributed by atoms with Gasteiger partial charge in [0.05, 0.1) is 4.90 Å². The van der Waals surface area contributed by atoms with Gasteiger partial charge in [0.2, 0.25) is 10.0 Å². The van der Waals surface area contributed by atoms with Crippen molar-refractivity contribution in [2.45, 2.75) is 36.0 Å². The summed E-state index contributed by atoms with van der Waals surface area (Å²) >= 11 is 1.81. The van der Waals surface area contributed by atoms with Crippen molar-refractivity contribution in [1.82, 2.24) is 4.72 Å². The molecule has 17 heavy (non-hydrogen) atoms. The van der Waals surface area contributed by atoms with Crippen LogP contribution in [0.15, 0.2) is 28.0 Å². The molecule has 3 nitrogen and oxygen atoms in total. The van der Waals surface area contributed by atoms with E-state index in [1.165, 1.54) is 10.5 Å². The summed E-state index contributed by atoms with van der Waals surface area (Å²) in [7, 11) is -3.32. The molecule has 0 fully saturated rings. The van der Waals surface area contributed by atoms with Gasteiger partial charge in [-0.2, -0.15) is 0 Å². The maximum absolute atomic E-state index is 12.0. The number of rotatable bonds is 4. The van der Waals surface area contributed by atoms with Crippen LogP contribution in [0.4, 0.5) is 0 Å². The van der Waals surface area contributed by atoms with Gasteiger partial charge in [-0.15, -0.1) is 11.8 Å². The number of aryl methyl sites for hydroxylation is 1. The van der Waals surface area contributed by atoms with Gasteiger partial charge in [-0.25, -0.2) is 13.1 Å². The smallest absolute Gasteiger partial charge is 0.211 e. The minimum absolute atomic E-state index is 0.396. The van der Waals surface area contributed by atoms with Gasteiger partial charge in [0.25, 0.3) is 0 Å². The summed E-state index contributed by atoms with van der Waals surface area (Å²) < 4.78 is 26.5. The number of thioether (sulfide) groups is 1. The molecule has 1 N–H and O–H groups in total. The normalized spacial score (nSPS) is 15.6. The summed E-state index contributed by atoms with van der Waals surface area (Å²) in [5.41, 5.74) is 1.17. The van der Waals surface area contributed by atoms with Crippen molar-refractivity contribution >= 4 is 21.8 Å². The molecule has 0 saturated heterocycles. The Morgan fingerprint density at radius 1 is 1.41 bits per heavy atom. The van der Waals surface area contributed by atoms with Gasteiger partial charge in [-0.05, 0) is 48.8 Å². The Labute approximate surface area is 107 Å². The maximum atomic E-state index is 12.0. The van der Waals surface area contributed by atoms with Crippen LogP contribution in [-0.2, 0) is 16.4 Å². The molecule has 0 aromatic heterocycles. The lowest BCUT2D eigenvalue weighted by Gasteiger charge is -2.16. The zero-order valence-corrected chi connectivity index (χ0v) is 11.5. The third kappa shape index (κ3) is 3.03. The Kier molecular flexibility index (Phi) is 4.12. The Hall–Kier alpha value is -0.520. The molecule has 0 aliphatic carbocycles. The fourth-order valence-corrected chi connectivity index (χ4v) is 4.03. The lowest BCUT2D eigenvalue weighted by Crippen LogP contribution is -2.24. The predicted octanol–water partition coefficient (Wildman–Crippen LogP) is 2.41. The predicted molar refractivity (Wildman–Crippen MR) is 71.0 cm³/mol. The number of nitrogens with one attached hydrogen (secondary N) is 1. The highest BCUT2D eigenvalue weighted by atomic mass is 32.2. The minimum Gasteiger partial charge on any atom is -0.211 e. The molecule has 0 saturated carbocycles. The van der Waals surface area contributed by atoms with E-state index in [9.17, 15) is 8.42 Å². The van der Waals surface area contributed by atoms with Crippen LogP contribution in [0.2, 0.25) is 0 Å². The second-order valence-corrected chi connectivity index (χ2v) is 7.02. The summed E-state index contributed by atoms with van der Waals surface area (Å²) in [6.45, 7) is 2.44. The SMILES string of the molecule is CCCNS(=O)(=O)c1ccc2c(c1)CCCS2. The van der Waals surface area contributed by atoms with E-state index in [4.69, 9.17) is 0 Å². The monoisotopic (exact) mass is 271 g/mol. The van der Waals surface area contributed by atoms with Crippen molar-refractivity contribution in [3.05, 3.63) is 23.8 Å². The highest BCUT2D eigenvalue weighted by molar-refractivity contribution is 7.99. The van der Waals surface area contributed by atoms with Crippen LogP contribution in [0, 0.1) is 0 Å². The second kappa shape index (κ2) is 5.42. The Balaban J connectivity index is 2.27. The van der Waals surface area contributed by atoms with Crippen LogP contribution in [0.3, 0.4) is 0 Å². The summed E-state index contributed by atoms with van der Waals surface area (Å²) in [5.74, 6) is 1.13. The molecule has 0 amide bonds. The topological polar surface area (TPSA) is 46.2 Å². The zero-order chi connectivity index (χ0) is 12.3. The fourth-order valence-electron chi connectivity index (χ4n) is 1.82. The molecule has 0 unspecified atom stereocenters. The maximum Gasteiger partial charge on any atom is 0.240 e. The van der Waals surface area contributed by atoms with Gasteiger partial charge in [-0.1, -0.05) is 6.92 Å². The van der Waals surface area contributed by atoms with Crippen LogP contribution in [0.1, 0.15) is 25.3 Å². The van der Waals surface area contributed by atoms with E-state index in [1.54, 1.807) is 6.07 Å². The van der Waals surface area contributed by atoms with Gasteiger partial charge in [0.15, 0.2) is 0 Å². The highest BCUT2D eigenvalue weighted by Gasteiger charge is 2.17. The number of sulfonamides is 1. The van der Waals surface area contributed by atoms with Crippen LogP contribution in [0.25, 0.3) is 0 Å². The van der Waals surface area contributed by atoms with Crippen LogP contribution >= 0.6 is 11.8 Å². The van der Waals surface area contributed by atoms with E-state index in [0.717, 1.165) is 25.0 Å². The molecule has 0 radical (unpaired) electrons. The van der Waals surface area contributed by atoms with Gasteiger partial charge in [0, 0.05) is 11.4 Å². The molecular formula is C12H17NO2S2. The average molecular weight is 271 g/mol. The standard InChI is InChI=1S/C12H17NO2S2/c1-2-7-13-17(14,15)11-5-6-12-10(9-11)4-3-8-16-12/h5-6,9,13H,2-4,7-8H2,1H3. The molecule has 1 aliphatic heterocycles. The van der Waals surface area contributed by atoms with E-state index >= 15 is 0 Å². The molecule has 5 heteroatoms. The highest BCUT2D eigenvalue weighted by Crippen LogP contribution is 2.31. The van der Waals surface area contributed by atoms with Crippen LogP contribution < -0.4 is 4.72 Å². The van der Waals surface area contributed by atoms with Crippen molar-refractivity contribution in [3.63, 3.8) is 0 Å². The first kappa shape index (κ1) is 12.9. The number of benzene rings is 1. The van der Waals surface area contributed by atoms with Gasteiger partial charge < -0.3 is 0 Å². The quantitative estimate of drug-likeness (QED) is 0.914. The van der Waals surface area contributed by atoms with Crippen molar-refractivity contribution < 1.29 is 8.42 Å². The third-order valence-electron chi connectivity index (χ3n) is 2.73. The summed E-state index contributed by atoms with van der Waals surface area (Å²) in [4.78, 5) is 1.62. The molecule has 1 aliphatic rings. The van der Waals surface area contributed by atoms with Gasteiger partial charge >= 0.3 is 0 Å². The molecule has 0 atom stereocenters. The number of hydrogen-bond donors (Lipinski definition) is 1. The van der Waals surface area contributed by atoms with E-state index < -0.39 is 10.0 Å². The molecule has 2 rings (SSSR count). The van der Waals surface area contributed by atoms with Crippen molar-refractivity contribution in [2.75, 3.05) is 12.3 Å². The second-order valence-electron chi connectivity index (χ2n) is 4.12.